The van der Waals surface area contributed by atoms with Crippen LogP contribution in [0.5, 0.6) is 0 Å². The van der Waals surface area contributed by atoms with E-state index in [2.05, 4.69) is 13.5 Å². The van der Waals surface area contributed by atoms with Gasteiger partial charge < -0.3 is 10.8 Å². The highest BCUT2D eigenvalue weighted by Crippen LogP contribution is 2.11. The first-order valence-electron chi connectivity index (χ1n) is 6.27. The molecule has 0 aliphatic rings. The van der Waals surface area contributed by atoms with E-state index in [0.717, 1.165) is 19.3 Å². The van der Waals surface area contributed by atoms with E-state index in [0.29, 0.717) is 0 Å². The van der Waals surface area contributed by atoms with Crippen LogP contribution < -0.4 is 5.73 Å². The number of hydrogen-bond acceptors (Lipinski definition) is 2. The molecule has 0 aromatic heterocycles. The first-order chi connectivity index (χ1) is 7.59. The van der Waals surface area contributed by atoms with Gasteiger partial charge in [0.1, 0.15) is 0 Å². The number of rotatable bonds is 10. The van der Waals surface area contributed by atoms with Gasteiger partial charge in [0.2, 0.25) is 0 Å². The Kier molecular flexibility index (Phi) is 8.91. The Morgan fingerprint density at radius 3 is 2.19 bits per heavy atom. The van der Waals surface area contributed by atoms with Crippen molar-refractivity contribution in [2.75, 3.05) is 0 Å². The summed E-state index contributed by atoms with van der Waals surface area (Å²) >= 11 is 0. The summed E-state index contributed by atoms with van der Waals surface area (Å²) in [5, 5.41) is 8.67. The Morgan fingerprint density at radius 2 is 1.69 bits per heavy atom. The smallest absolute Gasteiger partial charge is 0.332 e. The zero-order valence-corrected chi connectivity index (χ0v) is 10.4. The molecule has 0 heterocycles. The van der Waals surface area contributed by atoms with E-state index in [1.54, 1.807) is 0 Å². The van der Waals surface area contributed by atoms with Gasteiger partial charge in [-0.25, -0.2) is 4.79 Å². The largest absolute Gasteiger partial charge is 0.478 e. The molecule has 0 aromatic carbocycles. The van der Waals surface area contributed by atoms with E-state index < -0.39 is 5.97 Å². The zero-order valence-electron chi connectivity index (χ0n) is 10.4. The lowest BCUT2D eigenvalue weighted by atomic mass is 10.0. The van der Waals surface area contributed by atoms with Crippen molar-refractivity contribution in [2.45, 2.75) is 64.3 Å². The number of carbonyl (C=O) groups is 1. The summed E-state index contributed by atoms with van der Waals surface area (Å²) in [6.07, 6.45) is 9.28. The summed E-state index contributed by atoms with van der Waals surface area (Å²) in [6, 6.07) is -0.381. The van der Waals surface area contributed by atoms with Crippen LogP contribution in [0.3, 0.4) is 0 Å². The predicted octanol–water partition coefficient (Wildman–Crippen LogP) is 3.10. The minimum absolute atomic E-state index is 0.131. The Hall–Kier alpha value is -0.830. The molecular formula is C13H25NO2. The molecule has 0 spiro atoms. The average Bonchev–Trinajstić information content (AvgIpc) is 2.26. The molecule has 0 aliphatic carbocycles. The molecule has 0 rings (SSSR count). The van der Waals surface area contributed by atoms with Crippen LogP contribution >= 0.6 is 0 Å². The predicted molar refractivity (Wildman–Crippen MR) is 67.4 cm³/mol. The Labute approximate surface area is 98.7 Å². The molecule has 16 heavy (non-hydrogen) atoms. The highest BCUT2D eigenvalue weighted by atomic mass is 16.4. The van der Waals surface area contributed by atoms with Crippen molar-refractivity contribution in [2.24, 2.45) is 5.73 Å². The lowest BCUT2D eigenvalue weighted by Gasteiger charge is -2.10. The van der Waals surface area contributed by atoms with Crippen LogP contribution in [0.1, 0.15) is 58.3 Å². The molecule has 3 N–H and O–H groups in total. The Balaban J connectivity index is 3.38. The van der Waals surface area contributed by atoms with Crippen LogP contribution in [0.15, 0.2) is 12.2 Å². The van der Waals surface area contributed by atoms with E-state index in [-0.39, 0.29) is 11.6 Å². The van der Waals surface area contributed by atoms with Gasteiger partial charge in [-0.1, -0.05) is 58.4 Å². The summed E-state index contributed by atoms with van der Waals surface area (Å²) in [5.41, 5.74) is 5.83. The van der Waals surface area contributed by atoms with Crippen LogP contribution in [0.2, 0.25) is 0 Å². The van der Waals surface area contributed by atoms with Crippen LogP contribution in [-0.2, 0) is 4.79 Å². The van der Waals surface area contributed by atoms with Gasteiger partial charge in [0.15, 0.2) is 0 Å². The molecule has 1 unspecified atom stereocenters. The molecule has 0 radical (unpaired) electrons. The van der Waals surface area contributed by atoms with Gasteiger partial charge in [0.25, 0.3) is 0 Å². The first-order valence-corrected chi connectivity index (χ1v) is 6.27. The van der Waals surface area contributed by atoms with Gasteiger partial charge in [0, 0.05) is 11.6 Å². The molecule has 3 nitrogen and oxygen atoms in total. The number of unbranched alkanes of at least 4 members (excludes halogenated alkanes) is 6. The molecule has 0 aromatic rings. The quantitative estimate of drug-likeness (QED) is 0.445. The van der Waals surface area contributed by atoms with Crippen LogP contribution in [0, 0.1) is 0 Å². The van der Waals surface area contributed by atoms with Crippen molar-refractivity contribution < 1.29 is 9.90 Å². The number of nitrogens with two attached hydrogens (primary N) is 1. The summed E-state index contributed by atoms with van der Waals surface area (Å²) in [7, 11) is 0. The van der Waals surface area contributed by atoms with E-state index in [4.69, 9.17) is 10.8 Å². The normalized spacial score (nSPS) is 12.4. The maximum absolute atomic E-state index is 10.6. The molecule has 3 heteroatoms. The number of carboxylic acid groups (broad SMARTS) is 1. The van der Waals surface area contributed by atoms with Gasteiger partial charge in [-0.2, -0.15) is 0 Å². The van der Waals surface area contributed by atoms with Gasteiger partial charge in [-0.3, -0.25) is 0 Å². The standard InChI is InChI=1S/C13H25NO2/c1-3-4-5-6-7-8-9-10-12(14)11(2)13(15)16/h12H,2-10,14H2,1H3,(H,15,16). The van der Waals surface area contributed by atoms with Crippen LogP contribution in [0.4, 0.5) is 0 Å². The number of carboxylic acids is 1. The van der Waals surface area contributed by atoms with E-state index in [1.807, 2.05) is 0 Å². The van der Waals surface area contributed by atoms with Crippen molar-refractivity contribution in [1.82, 2.24) is 0 Å². The molecular weight excluding hydrogens is 202 g/mol. The molecule has 0 fully saturated rings. The highest BCUT2D eigenvalue weighted by Gasteiger charge is 2.12. The zero-order chi connectivity index (χ0) is 12.4. The molecule has 94 valence electrons. The second-order valence-electron chi connectivity index (χ2n) is 4.35. The summed E-state index contributed by atoms with van der Waals surface area (Å²) in [5.74, 6) is -0.976. The van der Waals surface area contributed by atoms with Crippen molar-refractivity contribution in [3.05, 3.63) is 12.2 Å². The van der Waals surface area contributed by atoms with Gasteiger partial charge in [0.05, 0.1) is 0 Å². The van der Waals surface area contributed by atoms with E-state index in [1.165, 1.54) is 32.1 Å². The summed E-state index contributed by atoms with van der Waals surface area (Å²) in [4.78, 5) is 10.6. The molecule has 0 aliphatic heterocycles. The SMILES string of the molecule is C=C(C(=O)O)C(N)CCCCCCCCC. The van der Waals surface area contributed by atoms with Crippen molar-refractivity contribution in [3.63, 3.8) is 0 Å². The minimum Gasteiger partial charge on any atom is -0.478 e. The highest BCUT2D eigenvalue weighted by molar-refractivity contribution is 5.87. The molecule has 0 amide bonds. The Morgan fingerprint density at radius 1 is 1.19 bits per heavy atom. The third-order valence-corrected chi connectivity index (χ3v) is 2.84. The van der Waals surface area contributed by atoms with E-state index >= 15 is 0 Å². The van der Waals surface area contributed by atoms with Crippen molar-refractivity contribution in [1.29, 1.82) is 0 Å². The molecule has 0 bridgehead atoms. The maximum atomic E-state index is 10.6. The fourth-order valence-electron chi connectivity index (χ4n) is 1.65. The maximum Gasteiger partial charge on any atom is 0.332 e. The third kappa shape index (κ3) is 7.46. The topological polar surface area (TPSA) is 63.3 Å². The monoisotopic (exact) mass is 227 g/mol. The van der Waals surface area contributed by atoms with Crippen molar-refractivity contribution >= 4 is 5.97 Å². The van der Waals surface area contributed by atoms with Gasteiger partial charge >= 0.3 is 5.97 Å². The fraction of sp³-hybridized carbons (Fsp3) is 0.769. The van der Waals surface area contributed by atoms with Crippen LogP contribution in [0.25, 0.3) is 0 Å². The number of hydrogen-bond donors (Lipinski definition) is 2. The minimum atomic E-state index is -0.976. The van der Waals surface area contributed by atoms with Gasteiger partial charge in [-0.05, 0) is 6.42 Å². The summed E-state index contributed by atoms with van der Waals surface area (Å²) < 4.78 is 0. The third-order valence-electron chi connectivity index (χ3n) is 2.84. The fourth-order valence-corrected chi connectivity index (χ4v) is 1.65. The van der Waals surface area contributed by atoms with Crippen molar-refractivity contribution in [3.8, 4) is 0 Å². The Bertz CT molecular complexity index is 214. The lowest BCUT2D eigenvalue weighted by Crippen LogP contribution is -2.26. The van der Waals surface area contributed by atoms with Crippen LogP contribution in [-0.4, -0.2) is 17.1 Å². The lowest BCUT2D eigenvalue weighted by molar-refractivity contribution is -0.132. The first kappa shape index (κ1) is 15.2. The second-order valence-corrected chi connectivity index (χ2v) is 4.35. The molecule has 0 saturated carbocycles. The van der Waals surface area contributed by atoms with E-state index in [9.17, 15) is 4.79 Å². The van der Waals surface area contributed by atoms with Gasteiger partial charge in [-0.15, -0.1) is 0 Å². The number of aliphatic carboxylic acids is 1. The summed E-state index contributed by atoms with van der Waals surface area (Å²) in [6.45, 7) is 5.67. The molecule has 0 saturated heterocycles. The second kappa shape index (κ2) is 9.40. The molecule has 1 atom stereocenters. The average molecular weight is 227 g/mol.